The average molecular weight is 390 g/mol. The number of aliphatic hydroxyl groups is 1. The molecule has 0 atom stereocenters. The van der Waals surface area contributed by atoms with E-state index in [1.54, 1.807) is 11.0 Å². The summed E-state index contributed by atoms with van der Waals surface area (Å²) in [5, 5.41) is 21.3. The van der Waals surface area contributed by atoms with Gasteiger partial charge in [-0.15, -0.1) is 0 Å². The van der Waals surface area contributed by atoms with Gasteiger partial charge >= 0.3 is 5.69 Å². The second-order valence-electron chi connectivity index (χ2n) is 6.33. The van der Waals surface area contributed by atoms with E-state index in [0.29, 0.717) is 38.1 Å². The predicted molar refractivity (Wildman–Crippen MR) is 101 cm³/mol. The molecule has 0 bridgehead atoms. The van der Waals surface area contributed by atoms with Crippen LogP contribution in [0.25, 0.3) is 10.8 Å². The van der Waals surface area contributed by atoms with E-state index in [2.05, 4.69) is 9.88 Å². The van der Waals surface area contributed by atoms with Crippen LogP contribution in [-0.2, 0) is 0 Å². The minimum absolute atomic E-state index is 0.00205. The van der Waals surface area contributed by atoms with Gasteiger partial charge in [0.1, 0.15) is 5.69 Å². The van der Waals surface area contributed by atoms with Gasteiger partial charge in [0.25, 0.3) is 5.91 Å². The minimum Gasteiger partial charge on any atom is -0.493 e. The summed E-state index contributed by atoms with van der Waals surface area (Å²) in [5.74, 6) is -0.130. The van der Waals surface area contributed by atoms with Crippen molar-refractivity contribution in [3.8, 4) is 11.5 Å². The van der Waals surface area contributed by atoms with Crippen LogP contribution < -0.4 is 9.47 Å². The summed E-state index contributed by atoms with van der Waals surface area (Å²) in [7, 11) is 2.71. The first-order valence-corrected chi connectivity index (χ1v) is 8.82. The number of carbonyl (C=O) groups is 1. The Morgan fingerprint density at radius 1 is 1.25 bits per heavy atom. The lowest BCUT2D eigenvalue weighted by atomic mass is 10.1. The van der Waals surface area contributed by atoms with Crippen LogP contribution in [-0.4, -0.2) is 84.3 Å². The van der Waals surface area contributed by atoms with Crippen LogP contribution in [0.2, 0.25) is 0 Å². The van der Waals surface area contributed by atoms with Gasteiger partial charge in [-0.2, -0.15) is 0 Å². The number of rotatable bonds is 6. The number of fused-ring (bicyclic) bond motifs is 1. The summed E-state index contributed by atoms with van der Waals surface area (Å²) in [6, 6.07) is 3.04. The zero-order valence-electron chi connectivity index (χ0n) is 15.8. The standard InChI is InChI=1S/C18H22N4O6/c1-27-14-11-13-12(16(22(25)26)17(14)28-2)3-4-19-15(13)18(24)21-7-5-20(6-8-21)9-10-23/h3-4,11,23H,5-10H2,1-2H3. The lowest BCUT2D eigenvalue weighted by molar-refractivity contribution is -0.384. The summed E-state index contributed by atoms with van der Waals surface area (Å²) in [6.07, 6.45) is 1.39. The van der Waals surface area contributed by atoms with Crippen LogP contribution in [0.5, 0.6) is 11.5 Å². The lowest BCUT2D eigenvalue weighted by Crippen LogP contribution is -2.49. The number of piperazine rings is 1. The van der Waals surface area contributed by atoms with E-state index in [1.165, 1.54) is 26.5 Å². The summed E-state index contributed by atoms with van der Waals surface area (Å²) in [5.41, 5.74) is -0.127. The van der Waals surface area contributed by atoms with E-state index >= 15 is 0 Å². The maximum absolute atomic E-state index is 13.1. The summed E-state index contributed by atoms with van der Waals surface area (Å²) in [4.78, 5) is 32.1. The molecule has 1 aromatic heterocycles. The monoisotopic (exact) mass is 390 g/mol. The third-order valence-corrected chi connectivity index (χ3v) is 4.84. The number of aliphatic hydroxyl groups excluding tert-OH is 1. The fourth-order valence-electron chi connectivity index (χ4n) is 3.43. The molecule has 1 saturated heterocycles. The third-order valence-electron chi connectivity index (χ3n) is 4.84. The zero-order valence-corrected chi connectivity index (χ0v) is 15.8. The number of benzene rings is 1. The van der Waals surface area contributed by atoms with Crippen LogP contribution in [0.3, 0.4) is 0 Å². The number of methoxy groups -OCH3 is 2. The van der Waals surface area contributed by atoms with Crippen molar-refractivity contribution in [2.45, 2.75) is 0 Å². The highest BCUT2D eigenvalue weighted by Crippen LogP contribution is 2.43. The molecule has 1 amide bonds. The normalized spacial score (nSPS) is 14.9. The second kappa shape index (κ2) is 8.36. The van der Waals surface area contributed by atoms with Gasteiger partial charge in [-0.1, -0.05) is 0 Å². The Morgan fingerprint density at radius 3 is 2.54 bits per heavy atom. The Bertz CT molecular complexity index is 895. The van der Waals surface area contributed by atoms with Crippen molar-refractivity contribution in [3.05, 3.63) is 34.1 Å². The summed E-state index contributed by atoms with van der Waals surface area (Å²) >= 11 is 0. The van der Waals surface area contributed by atoms with E-state index in [0.717, 1.165) is 0 Å². The van der Waals surface area contributed by atoms with Crippen molar-refractivity contribution in [3.63, 3.8) is 0 Å². The largest absolute Gasteiger partial charge is 0.493 e. The Kier molecular flexibility index (Phi) is 5.90. The molecule has 10 nitrogen and oxygen atoms in total. The number of hydrogen-bond acceptors (Lipinski definition) is 8. The van der Waals surface area contributed by atoms with Gasteiger partial charge < -0.3 is 19.5 Å². The number of hydrogen-bond donors (Lipinski definition) is 1. The molecule has 2 aromatic rings. The van der Waals surface area contributed by atoms with E-state index in [9.17, 15) is 14.9 Å². The molecule has 0 aliphatic carbocycles. The number of amides is 1. The van der Waals surface area contributed by atoms with E-state index < -0.39 is 4.92 Å². The molecular formula is C18H22N4O6. The molecule has 1 fully saturated rings. The molecule has 1 aromatic carbocycles. The highest BCUT2D eigenvalue weighted by Gasteiger charge is 2.29. The van der Waals surface area contributed by atoms with Crippen molar-refractivity contribution in [1.82, 2.24) is 14.8 Å². The van der Waals surface area contributed by atoms with Gasteiger partial charge in [0.15, 0.2) is 5.75 Å². The van der Waals surface area contributed by atoms with Crippen molar-refractivity contribution < 1.29 is 24.3 Å². The van der Waals surface area contributed by atoms with Crippen molar-refractivity contribution in [2.24, 2.45) is 0 Å². The van der Waals surface area contributed by atoms with Crippen LogP contribution in [0.1, 0.15) is 10.5 Å². The van der Waals surface area contributed by atoms with Gasteiger partial charge in [0, 0.05) is 44.3 Å². The van der Waals surface area contributed by atoms with Gasteiger partial charge in [0.05, 0.1) is 31.1 Å². The third kappa shape index (κ3) is 3.56. The average Bonchev–Trinajstić information content (AvgIpc) is 2.71. The van der Waals surface area contributed by atoms with Gasteiger partial charge in [-0.3, -0.25) is 24.8 Å². The van der Waals surface area contributed by atoms with Gasteiger partial charge in [-0.25, -0.2) is 0 Å². The lowest BCUT2D eigenvalue weighted by Gasteiger charge is -2.34. The first-order chi connectivity index (χ1) is 13.5. The molecule has 150 valence electrons. The smallest absolute Gasteiger partial charge is 0.322 e. The molecule has 1 aliphatic heterocycles. The van der Waals surface area contributed by atoms with Crippen LogP contribution in [0.15, 0.2) is 18.3 Å². The summed E-state index contributed by atoms with van der Waals surface area (Å²) < 4.78 is 10.4. The van der Waals surface area contributed by atoms with Gasteiger partial charge in [-0.05, 0) is 12.1 Å². The maximum atomic E-state index is 13.1. The Balaban J connectivity index is 2.04. The van der Waals surface area contributed by atoms with Crippen molar-refractivity contribution in [1.29, 1.82) is 0 Å². The number of aromatic nitrogens is 1. The molecular weight excluding hydrogens is 368 g/mol. The number of ether oxygens (including phenoxy) is 2. The molecule has 0 saturated carbocycles. The van der Waals surface area contributed by atoms with Crippen molar-refractivity contribution in [2.75, 3.05) is 53.6 Å². The first kappa shape index (κ1) is 19.8. The zero-order chi connectivity index (χ0) is 20.3. The number of nitrogens with zero attached hydrogens (tertiary/aromatic N) is 4. The highest BCUT2D eigenvalue weighted by atomic mass is 16.6. The molecule has 10 heteroatoms. The number of pyridine rings is 1. The van der Waals surface area contributed by atoms with E-state index in [4.69, 9.17) is 14.6 Å². The summed E-state index contributed by atoms with van der Waals surface area (Å²) in [6.45, 7) is 2.92. The number of β-amino-alcohol motifs (C(OH)–C–C–N with tert-alkyl or cyclic N) is 1. The number of carbonyl (C=O) groups excluding carboxylic acids is 1. The maximum Gasteiger partial charge on any atom is 0.322 e. The van der Waals surface area contributed by atoms with Crippen LogP contribution >= 0.6 is 0 Å². The number of nitro groups is 1. The van der Waals surface area contributed by atoms with E-state index in [1.807, 2.05) is 0 Å². The predicted octanol–water partition coefficient (Wildman–Crippen LogP) is 0.910. The van der Waals surface area contributed by atoms with E-state index in [-0.39, 0.29) is 40.8 Å². The molecule has 3 rings (SSSR count). The Hall–Kier alpha value is -2.98. The second-order valence-corrected chi connectivity index (χ2v) is 6.33. The van der Waals surface area contributed by atoms with Crippen LogP contribution in [0, 0.1) is 10.1 Å². The molecule has 0 unspecified atom stereocenters. The number of nitro benzene ring substituents is 1. The minimum atomic E-state index is -0.550. The Labute approximate surface area is 161 Å². The molecule has 1 N–H and O–H groups in total. The first-order valence-electron chi connectivity index (χ1n) is 8.82. The topological polar surface area (TPSA) is 118 Å². The molecule has 1 aliphatic rings. The Morgan fingerprint density at radius 2 is 1.96 bits per heavy atom. The SMILES string of the molecule is COc1cc2c(C(=O)N3CCN(CCO)CC3)nccc2c([N+](=O)[O-])c1OC. The molecule has 28 heavy (non-hydrogen) atoms. The highest BCUT2D eigenvalue weighted by molar-refractivity contribution is 6.09. The quantitative estimate of drug-likeness (QED) is 0.571. The van der Waals surface area contributed by atoms with Crippen LogP contribution in [0.4, 0.5) is 5.69 Å². The molecule has 0 spiro atoms. The molecule has 0 radical (unpaired) electrons. The van der Waals surface area contributed by atoms with Crippen molar-refractivity contribution >= 4 is 22.4 Å². The van der Waals surface area contributed by atoms with Gasteiger partial charge in [0.2, 0.25) is 5.75 Å². The fourth-order valence-corrected chi connectivity index (χ4v) is 3.43. The molecule has 2 heterocycles. The fraction of sp³-hybridized carbons (Fsp3) is 0.444.